The lowest BCUT2D eigenvalue weighted by molar-refractivity contribution is 0.0153. The molecule has 1 aromatic rings. The first kappa shape index (κ1) is 18.2. The molecular formula is C19H31NO3. The van der Waals surface area contributed by atoms with Crippen LogP contribution in [0.25, 0.3) is 0 Å². The second-order valence-corrected chi connectivity index (χ2v) is 7.47. The van der Waals surface area contributed by atoms with Crippen molar-refractivity contribution in [1.29, 1.82) is 0 Å². The van der Waals surface area contributed by atoms with Gasteiger partial charge in [-0.3, -0.25) is 0 Å². The van der Waals surface area contributed by atoms with Gasteiger partial charge in [-0.25, -0.2) is 0 Å². The Morgan fingerprint density at radius 2 is 1.78 bits per heavy atom. The molecule has 0 radical (unpaired) electrons. The standard InChI is InChI=1S/C19H31NO3/c1-19(2,3)15-5-7-18(8-6-15)23-14-16(21)13-20-11-9-17(22-4)10-12-20/h5-8,16-17,21H,9-14H2,1-4H3. The highest BCUT2D eigenvalue weighted by Crippen LogP contribution is 2.24. The van der Waals surface area contributed by atoms with Gasteiger partial charge in [-0.15, -0.1) is 0 Å². The normalized spacial score (nSPS) is 18.8. The topological polar surface area (TPSA) is 41.9 Å². The molecule has 1 unspecified atom stereocenters. The minimum Gasteiger partial charge on any atom is -0.491 e. The van der Waals surface area contributed by atoms with E-state index in [2.05, 4.69) is 37.8 Å². The molecule has 1 aliphatic heterocycles. The molecule has 0 saturated carbocycles. The molecule has 4 nitrogen and oxygen atoms in total. The Kier molecular flexibility index (Phi) is 6.45. The van der Waals surface area contributed by atoms with Crippen LogP contribution in [0.3, 0.4) is 0 Å². The summed E-state index contributed by atoms with van der Waals surface area (Å²) in [6.45, 7) is 9.54. The van der Waals surface area contributed by atoms with E-state index in [-0.39, 0.29) is 5.41 Å². The van der Waals surface area contributed by atoms with E-state index in [0.717, 1.165) is 31.7 Å². The molecule has 1 aromatic carbocycles. The Bertz CT molecular complexity index is 458. The van der Waals surface area contributed by atoms with Crippen LogP contribution >= 0.6 is 0 Å². The lowest BCUT2D eigenvalue weighted by Gasteiger charge is -2.32. The lowest BCUT2D eigenvalue weighted by atomic mass is 9.87. The first-order valence-electron chi connectivity index (χ1n) is 8.55. The lowest BCUT2D eigenvalue weighted by Crippen LogP contribution is -2.42. The van der Waals surface area contributed by atoms with Crippen LogP contribution in [-0.2, 0) is 10.2 Å². The van der Waals surface area contributed by atoms with Crippen molar-refractivity contribution in [3.05, 3.63) is 29.8 Å². The summed E-state index contributed by atoms with van der Waals surface area (Å²) in [6.07, 6.45) is 1.99. The van der Waals surface area contributed by atoms with Crippen molar-refractivity contribution in [2.24, 2.45) is 0 Å². The van der Waals surface area contributed by atoms with Gasteiger partial charge in [0.25, 0.3) is 0 Å². The molecule has 4 heteroatoms. The van der Waals surface area contributed by atoms with Crippen LogP contribution in [0.2, 0.25) is 0 Å². The van der Waals surface area contributed by atoms with Crippen LogP contribution in [0.4, 0.5) is 0 Å². The van der Waals surface area contributed by atoms with E-state index in [9.17, 15) is 5.11 Å². The molecule has 0 aromatic heterocycles. The Morgan fingerprint density at radius 3 is 2.30 bits per heavy atom. The highest BCUT2D eigenvalue weighted by atomic mass is 16.5. The van der Waals surface area contributed by atoms with E-state index in [1.165, 1.54) is 5.56 Å². The third-order valence-electron chi connectivity index (χ3n) is 4.50. The summed E-state index contributed by atoms with van der Waals surface area (Å²) in [4.78, 5) is 2.28. The van der Waals surface area contributed by atoms with E-state index in [1.807, 2.05) is 12.1 Å². The molecule has 0 bridgehead atoms. The number of hydrogen-bond acceptors (Lipinski definition) is 4. The molecule has 0 amide bonds. The van der Waals surface area contributed by atoms with Gasteiger partial charge in [0, 0.05) is 26.7 Å². The van der Waals surface area contributed by atoms with Gasteiger partial charge in [0.2, 0.25) is 0 Å². The fourth-order valence-corrected chi connectivity index (χ4v) is 2.92. The Morgan fingerprint density at radius 1 is 1.17 bits per heavy atom. The molecule has 1 fully saturated rings. The molecule has 1 N–H and O–H groups in total. The maximum absolute atomic E-state index is 10.2. The molecule has 130 valence electrons. The first-order chi connectivity index (χ1) is 10.9. The molecule has 0 aliphatic carbocycles. The fraction of sp³-hybridized carbons (Fsp3) is 0.684. The van der Waals surface area contributed by atoms with Crippen molar-refractivity contribution in [3.63, 3.8) is 0 Å². The summed E-state index contributed by atoms with van der Waals surface area (Å²) in [6, 6.07) is 8.16. The predicted molar refractivity (Wildman–Crippen MR) is 93.1 cm³/mol. The van der Waals surface area contributed by atoms with Crippen molar-refractivity contribution >= 4 is 0 Å². The predicted octanol–water partition coefficient (Wildman–Crippen LogP) is 2.83. The van der Waals surface area contributed by atoms with E-state index in [0.29, 0.717) is 19.3 Å². The maximum atomic E-state index is 10.2. The van der Waals surface area contributed by atoms with Gasteiger partial charge in [-0.05, 0) is 36.0 Å². The highest BCUT2D eigenvalue weighted by molar-refractivity contribution is 5.31. The zero-order valence-electron chi connectivity index (χ0n) is 14.9. The molecule has 1 atom stereocenters. The number of likely N-dealkylation sites (tertiary alicyclic amines) is 1. The number of hydrogen-bond donors (Lipinski definition) is 1. The Hall–Kier alpha value is -1.10. The van der Waals surface area contributed by atoms with Gasteiger partial charge in [-0.2, -0.15) is 0 Å². The van der Waals surface area contributed by atoms with Crippen LogP contribution < -0.4 is 4.74 Å². The van der Waals surface area contributed by atoms with Crippen molar-refractivity contribution in [2.75, 3.05) is 33.4 Å². The average molecular weight is 321 g/mol. The van der Waals surface area contributed by atoms with Gasteiger partial charge in [-0.1, -0.05) is 32.9 Å². The number of aliphatic hydroxyl groups excluding tert-OH is 1. The number of ether oxygens (including phenoxy) is 2. The molecule has 0 spiro atoms. The van der Waals surface area contributed by atoms with Gasteiger partial charge in [0.1, 0.15) is 18.5 Å². The molecule has 1 heterocycles. The third-order valence-corrected chi connectivity index (χ3v) is 4.50. The first-order valence-corrected chi connectivity index (χ1v) is 8.55. The van der Waals surface area contributed by atoms with Crippen LogP contribution in [-0.4, -0.2) is 55.6 Å². The van der Waals surface area contributed by atoms with Crippen LogP contribution in [0.1, 0.15) is 39.2 Å². The summed E-state index contributed by atoms with van der Waals surface area (Å²) >= 11 is 0. The molecule has 1 aliphatic rings. The van der Waals surface area contributed by atoms with Crippen molar-refractivity contribution in [1.82, 2.24) is 4.90 Å². The van der Waals surface area contributed by atoms with Crippen LogP contribution in [0, 0.1) is 0 Å². The van der Waals surface area contributed by atoms with Crippen molar-refractivity contribution in [2.45, 2.75) is 51.2 Å². The summed E-state index contributed by atoms with van der Waals surface area (Å²) in [5.74, 6) is 0.815. The molecule has 23 heavy (non-hydrogen) atoms. The second-order valence-electron chi connectivity index (χ2n) is 7.47. The van der Waals surface area contributed by atoms with Gasteiger partial charge in [0.05, 0.1) is 6.10 Å². The number of β-amino-alcohol motifs (C(OH)–C–C–N with tert-alkyl or cyclic N) is 1. The van der Waals surface area contributed by atoms with Crippen molar-refractivity contribution < 1.29 is 14.6 Å². The van der Waals surface area contributed by atoms with E-state index in [1.54, 1.807) is 7.11 Å². The summed E-state index contributed by atoms with van der Waals surface area (Å²) in [7, 11) is 1.77. The summed E-state index contributed by atoms with van der Waals surface area (Å²) in [5.41, 5.74) is 1.43. The minimum atomic E-state index is -0.462. The molecule has 2 rings (SSSR count). The second kappa shape index (κ2) is 8.13. The van der Waals surface area contributed by atoms with Gasteiger partial charge < -0.3 is 19.5 Å². The monoisotopic (exact) mass is 321 g/mol. The SMILES string of the molecule is COC1CCN(CC(O)COc2ccc(C(C)(C)C)cc2)CC1. The van der Waals surface area contributed by atoms with Gasteiger partial charge in [0.15, 0.2) is 0 Å². The average Bonchev–Trinajstić information content (AvgIpc) is 2.53. The van der Waals surface area contributed by atoms with Gasteiger partial charge >= 0.3 is 0 Å². The number of nitrogens with zero attached hydrogens (tertiary/aromatic N) is 1. The zero-order valence-corrected chi connectivity index (χ0v) is 14.9. The smallest absolute Gasteiger partial charge is 0.119 e. The highest BCUT2D eigenvalue weighted by Gasteiger charge is 2.21. The number of aliphatic hydroxyl groups is 1. The Labute approximate surface area is 140 Å². The number of benzene rings is 1. The summed E-state index contributed by atoms with van der Waals surface area (Å²) in [5, 5.41) is 10.2. The van der Waals surface area contributed by atoms with E-state index in [4.69, 9.17) is 9.47 Å². The largest absolute Gasteiger partial charge is 0.491 e. The van der Waals surface area contributed by atoms with Crippen molar-refractivity contribution in [3.8, 4) is 5.75 Å². The van der Waals surface area contributed by atoms with E-state index >= 15 is 0 Å². The molecular weight excluding hydrogens is 290 g/mol. The third kappa shape index (κ3) is 5.79. The zero-order chi connectivity index (χ0) is 16.9. The fourth-order valence-electron chi connectivity index (χ4n) is 2.92. The van der Waals surface area contributed by atoms with Crippen LogP contribution in [0.15, 0.2) is 24.3 Å². The number of methoxy groups -OCH3 is 1. The quantitative estimate of drug-likeness (QED) is 0.875. The molecule has 1 saturated heterocycles. The van der Waals surface area contributed by atoms with E-state index < -0.39 is 6.10 Å². The number of rotatable bonds is 6. The maximum Gasteiger partial charge on any atom is 0.119 e. The minimum absolute atomic E-state index is 0.145. The number of piperidine rings is 1. The van der Waals surface area contributed by atoms with Crippen LogP contribution in [0.5, 0.6) is 5.75 Å². The Balaban J connectivity index is 1.73. The summed E-state index contributed by atoms with van der Waals surface area (Å²) < 4.78 is 11.1.